The summed E-state index contributed by atoms with van der Waals surface area (Å²) in [4.78, 5) is 26.9. The molecule has 0 aromatic heterocycles. The summed E-state index contributed by atoms with van der Waals surface area (Å²) in [5, 5.41) is 12.5. The topological polar surface area (TPSA) is 134 Å². The fraction of sp³-hybridized carbons (Fsp3) is 0.500. The Bertz CT molecular complexity index is 1480. The van der Waals surface area contributed by atoms with Gasteiger partial charge in [0.2, 0.25) is 5.91 Å². The van der Waals surface area contributed by atoms with Crippen LogP contribution in [0.2, 0.25) is 0 Å². The van der Waals surface area contributed by atoms with Crippen LogP contribution >= 0.6 is 0 Å². The fourth-order valence-electron chi connectivity index (χ4n) is 5.98. The number of ketones is 1. The zero-order chi connectivity index (χ0) is 36.4. The third-order valence-corrected chi connectivity index (χ3v) is 8.84. The average Bonchev–Trinajstić information content (AvgIpc) is 3.15. The van der Waals surface area contributed by atoms with Crippen LogP contribution in [0.5, 0.6) is 0 Å². The summed E-state index contributed by atoms with van der Waals surface area (Å²) in [6.07, 6.45) is -0.226. The Kier molecular flexibility index (Phi) is 16.7. The zero-order valence-electron chi connectivity index (χ0n) is 30.0. The van der Waals surface area contributed by atoms with Crippen molar-refractivity contribution in [2.24, 2.45) is 0 Å². The molecule has 3 unspecified atom stereocenters. The highest BCUT2D eigenvalue weighted by Crippen LogP contribution is 2.38. The molecule has 2 aliphatic rings. The number of anilines is 1. The number of benzene rings is 3. The van der Waals surface area contributed by atoms with E-state index in [4.69, 9.17) is 33.2 Å². The molecule has 0 spiro atoms. The standard InChI is InChI=1S/C40H52N2O10/c1-30(44)35-3-2-4-36(26-35)41-39(45)25-31-5-11-34(12-6-31)40-51-37(27-38(52-40)33-9-7-32(29-43)8-10-33)28-42-13-15-46-17-19-48-21-23-50-24-22-49-20-18-47-16-14-42/h2-12,26,37-38,40,43H,13-25,27-29H2,1H3,(H,41,45). The maximum absolute atomic E-state index is 12.8. The van der Waals surface area contributed by atoms with Crippen LogP contribution in [-0.4, -0.2) is 114 Å². The number of ether oxygens (including phenoxy) is 7. The largest absolute Gasteiger partial charge is 0.392 e. The van der Waals surface area contributed by atoms with Crippen LogP contribution in [0.4, 0.5) is 5.69 Å². The van der Waals surface area contributed by atoms with Gasteiger partial charge in [0, 0.05) is 42.9 Å². The lowest BCUT2D eigenvalue weighted by atomic mass is 9.99. The summed E-state index contributed by atoms with van der Waals surface area (Å²) in [6, 6.07) is 22.4. The minimum atomic E-state index is -0.635. The Labute approximate surface area is 306 Å². The second kappa shape index (κ2) is 21.8. The van der Waals surface area contributed by atoms with Crippen LogP contribution in [0.3, 0.4) is 0 Å². The van der Waals surface area contributed by atoms with E-state index in [0.717, 1.165) is 22.3 Å². The van der Waals surface area contributed by atoms with Gasteiger partial charge in [-0.25, -0.2) is 0 Å². The van der Waals surface area contributed by atoms with Gasteiger partial charge in [-0.2, -0.15) is 0 Å². The van der Waals surface area contributed by atoms with Crippen molar-refractivity contribution in [3.63, 3.8) is 0 Å². The Balaban J connectivity index is 1.24. The molecule has 12 heteroatoms. The molecule has 12 nitrogen and oxygen atoms in total. The molecule has 2 saturated heterocycles. The van der Waals surface area contributed by atoms with Crippen LogP contribution < -0.4 is 5.32 Å². The normalized spacial score (nSPS) is 22.2. The summed E-state index contributed by atoms with van der Waals surface area (Å²) in [6.45, 7) is 8.66. The van der Waals surface area contributed by atoms with Crippen molar-refractivity contribution in [2.75, 3.05) is 91.0 Å². The monoisotopic (exact) mass is 720 g/mol. The van der Waals surface area contributed by atoms with Gasteiger partial charge >= 0.3 is 0 Å². The van der Waals surface area contributed by atoms with Crippen molar-refractivity contribution in [2.45, 2.75) is 44.9 Å². The van der Waals surface area contributed by atoms with E-state index in [2.05, 4.69) is 10.2 Å². The molecule has 5 rings (SSSR count). The Hall–Kier alpha value is -3.56. The van der Waals surface area contributed by atoms with Gasteiger partial charge in [-0.15, -0.1) is 0 Å². The predicted molar refractivity (Wildman–Crippen MR) is 194 cm³/mol. The van der Waals surface area contributed by atoms with Gasteiger partial charge in [0.05, 0.1) is 91.3 Å². The number of carbonyl (C=O) groups is 2. The lowest BCUT2D eigenvalue weighted by molar-refractivity contribution is -0.253. The molecule has 52 heavy (non-hydrogen) atoms. The van der Waals surface area contributed by atoms with E-state index in [0.29, 0.717) is 103 Å². The van der Waals surface area contributed by atoms with Crippen LogP contribution in [-0.2, 0) is 51.0 Å². The van der Waals surface area contributed by atoms with E-state index >= 15 is 0 Å². The van der Waals surface area contributed by atoms with E-state index in [1.54, 1.807) is 24.3 Å². The molecular formula is C40H52N2O10. The molecule has 282 valence electrons. The van der Waals surface area contributed by atoms with E-state index in [1.165, 1.54) is 6.92 Å². The number of nitrogens with zero attached hydrogens (tertiary/aromatic N) is 1. The number of nitrogens with one attached hydrogen (secondary N) is 1. The highest BCUT2D eigenvalue weighted by Gasteiger charge is 2.33. The molecule has 2 aliphatic heterocycles. The maximum atomic E-state index is 12.8. The van der Waals surface area contributed by atoms with Crippen LogP contribution in [0.1, 0.15) is 58.4 Å². The minimum absolute atomic E-state index is 0.0267. The first-order valence-corrected chi connectivity index (χ1v) is 18.1. The number of Topliss-reactive ketones (excluding diaryl/α,β-unsaturated/α-hetero) is 1. The van der Waals surface area contributed by atoms with Crippen molar-refractivity contribution >= 4 is 17.4 Å². The molecule has 2 fully saturated rings. The van der Waals surface area contributed by atoms with Crippen LogP contribution in [0, 0.1) is 0 Å². The molecule has 0 saturated carbocycles. The highest BCUT2D eigenvalue weighted by molar-refractivity contribution is 5.97. The lowest BCUT2D eigenvalue weighted by Crippen LogP contribution is -2.42. The Morgan fingerprint density at radius 3 is 1.85 bits per heavy atom. The molecule has 3 aromatic rings. The first kappa shape index (κ1) is 39.6. The second-order valence-corrected chi connectivity index (χ2v) is 12.8. The van der Waals surface area contributed by atoms with Crippen molar-refractivity contribution in [3.05, 3.63) is 101 Å². The first-order chi connectivity index (χ1) is 25.5. The lowest BCUT2D eigenvalue weighted by Gasteiger charge is -2.38. The summed E-state index contributed by atoms with van der Waals surface area (Å²) in [7, 11) is 0. The van der Waals surface area contributed by atoms with Crippen molar-refractivity contribution < 1.29 is 47.9 Å². The molecule has 2 N–H and O–H groups in total. The minimum Gasteiger partial charge on any atom is -0.392 e. The molecular weight excluding hydrogens is 668 g/mol. The van der Waals surface area contributed by atoms with E-state index in [9.17, 15) is 14.7 Å². The first-order valence-electron chi connectivity index (χ1n) is 18.1. The molecule has 3 atom stereocenters. The SMILES string of the molecule is CC(=O)c1cccc(NC(=O)Cc2ccc(C3OC(CN4CCOCCOCCOCCOCCOCC4)CC(c4ccc(CO)cc4)O3)cc2)c1. The fourth-order valence-corrected chi connectivity index (χ4v) is 5.98. The molecule has 0 bridgehead atoms. The smallest absolute Gasteiger partial charge is 0.228 e. The van der Waals surface area contributed by atoms with Gasteiger partial charge in [-0.05, 0) is 35.7 Å². The van der Waals surface area contributed by atoms with Crippen molar-refractivity contribution in [1.29, 1.82) is 0 Å². The van der Waals surface area contributed by atoms with E-state index in [1.807, 2.05) is 48.5 Å². The third-order valence-electron chi connectivity index (χ3n) is 8.84. The van der Waals surface area contributed by atoms with Gasteiger partial charge in [0.1, 0.15) is 0 Å². The summed E-state index contributed by atoms with van der Waals surface area (Å²) < 4.78 is 41.7. The van der Waals surface area contributed by atoms with Gasteiger partial charge < -0.3 is 43.6 Å². The summed E-state index contributed by atoms with van der Waals surface area (Å²) in [5.74, 6) is -0.237. The van der Waals surface area contributed by atoms with Gasteiger partial charge in [0.25, 0.3) is 0 Å². The predicted octanol–water partition coefficient (Wildman–Crippen LogP) is 4.51. The van der Waals surface area contributed by atoms with Crippen LogP contribution in [0.25, 0.3) is 0 Å². The molecule has 0 aliphatic carbocycles. The van der Waals surface area contributed by atoms with E-state index in [-0.39, 0.29) is 36.9 Å². The molecule has 1 amide bonds. The number of amides is 1. The molecule has 3 aromatic carbocycles. The number of aliphatic hydroxyl groups excluding tert-OH is 1. The quantitative estimate of drug-likeness (QED) is 0.303. The van der Waals surface area contributed by atoms with E-state index < -0.39 is 6.29 Å². The van der Waals surface area contributed by atoms with Crippen molar-refractivity contribution in [1.82, 2.24) is 4.90 Å². The third kappa shape index (κ3) is 13.4. The maximum Gasteiger partial charge on any atom is 0.228 e. The van der Waals surface area contributed by atoms with Crippen molar-refractivity contribution in [3.8, 4) is 0 Å². The van der Waals surface area contributed by atoms with Gasteiger partial charge in [0.15, 0.2) is 12.1 Å². The number of rotatable bonds is 9. The van der Waals surface area contributed by atoms with Gasteiger partial charge in [-0.1, -0.05) is 60.7 Å². The number of hydrogen-bond donors (Lipinski definition) is 2. The highest BCUT2D eigenvalue weighted by atomic mass is 16.7. The zero-order valence-corrected chi connectivity index (χ0v) is 30.0. The van der Waals surface area contributed by atoms with Gasteiger partial charge in [-0.3, -0.25) is 14.5 Å². The Morgan fingerprint density at radius 1 is 0.712 bits per heavy atom. The number of aliphatic hydroxyl groups is 1. The number of hydrogen-bond acceptors (Lipinski definition) is 11. The number of carbonyl (C=O) groups excluding carboxylic acids is 2. The van der Waals surface area contributed by atoms with Crippen LogP contribution in [0.15, 0.2) is 72.8 Å². The Morgan fingerprint density at radius 2 is 1.27 bits per heavy atom. The second-order valence-electron chi connectivity index (χ2n) is 12.8. The molecule has 2 heterocycles. The summed E-state index contributed by atoms with van der Waals surface area (Å²) in [5.41, 5.74) is 4.65. The summed E-state index contributed by atoms with van der Waals surface area (Å²) >= 11 is 0. The molecule has 0 radical (unpaired) electrons. The average molecular weight is 721 g/mol.